The molecule has 0 aliphatic carbocycles. The number of anilines is 1. The van der Waals surface area contributed by atoms with Crippen LogP contribution in [0.4, 0.5) is 5.69 Å². The summed E-state index contributed by atoms with van der Waals surface area (Å²) in [7, 11) is 0. The standard InChI is InChI=1S/C14H10BrClINO/c15-10-3-1-2-9(6-10)7-14(19)18-13-8-11(17)4-5-12(13)16/h1-6,8H,7H2,(H,18,19). The smallest absolute Gasteiger partial charge is 0.228 e. The number of amides is 1. The zero-order valence-corrected chi connectivity index (χ0v) is 14.3. The number of rotatable bonds is 3. The number of hydrogen-bond acceptors (Lipinski definition) is 1. The fourth-order valence-corrected chi connectivity index (χ4v) is 2.72. The van der Waals surface area contributed by atoms with Crippen molar-refractivity contribution in [3.8, 4) is 0 Å². The Hall–Kier alpha value is -0.590. The highest BCUT2D eigenvalue weighted by Gasteiger charge is 2.07. The SMILES string of the molecule is O=C(Cc1cccc(Br)c1)Nc1cc(I)ccc1Cl. The highest BCUT2D eigenvalue weighted by Crippen LogP contribution is 2.24. The number of carbonyl (C=O) groups is 1. The maximum absolute atomic E-state index is 12.0. The molecule has 2 nitrogen and oxygen atoms in total. The Morgan fingerprint density at radius 2 is 2.05 bits per heavy atom. The lowest BCUT2D eigenvalue weighted by molar-refractivity contribution is -0.115. The summed E-state index contributed by atoms with van der Waals surface area (Å²) < 4.78 is 1.99. The van der Waals surface area contributed by atoms with Crippen molar-refractivity contribution in [1.29, 1.82) is 0 Å². The first kappa shape index (κ1) is 14.8. The molecule has 0 spiro atoms. The molecule has 0 aliphatic rings. The number of hydrogen-bond donors (Lipinski definition) is 1. The Morgan fingerprint density at radius 1 is 1.26 bits per heavy atom. The summed E-state index contributed by atoms with van der Waals surface area (Å²) in [6.45, 7) is 0. The van der Waals surface area contributed by atoms with E-state index in [-0.39, 0.29) is 5.91 Å². The minimum atomic E-state index is -0.0815. The van der Waals surface area contributed by atoms with Gasteiger partial charge in [0, 0.05) is 8.04 Å². The molecule has 0 saturated heterocycles. The molecule has 0 fully saturated rings. The van der Waals surface area contributed by atoms with Crippen LogP contribution in [0.25, 0.3) is 0 Å². The van der Waals surface area contributed by atoms with E-state index in [1.807, 2.05) is 36.4 Å². The lowest BCUT2D eigenvalue weighted by Crippen LogP contribution is -2.14. The van der Waals surface area contributed by atoms with Gasteiger partial charge in [-0.05, 0) is 58.5 Å². The molecule has 2 rings (SSSR count). The van der Waals surface area contributed by atoms with Crippen molar-refractivity contribution < 1.29 is 4.79 Å². The molecule has 0 unspecified atom stereocenters. The maximum atomic E-state index is 12.0. The van der Waals surface area contributed by atoms with E-state index < -0.39 is 0 Å². The molecular weight excluding hydrogens is 440 g/mol. The second kappa shape index (κ2) is 6.72. The van der Waals surface area contributed by atoms with E-state index in [1.165, 1.54) is 0 Å². The van der Waals surface area contributed by atoms with Crippen molar-refractivity contribution in [2.45, 2.75) is 6.42 Å². The van der Waals surface area contributed by atoms with E-state index in [9.17, 15) is 4.79 Å². The first-order chi connectivity index (χ1) is 9.04. The van der Waals surface area contributed by atoms with Crippen LogP contribution < -0.4 is 5.32 Å². The molecule has 2 aromatic carbocycles. The van der Waals surface area contributed by atoms with Crippen molar-refractivity contribution in [3.63, 3.8) is 0 Å². The zero-order chi connectivity index (χ0) is 13.8. The Kier molecular flexibility index (Phi) is 5.24. The molecule has 1 N–H and O–H groups in total. The Labute approximate surface area is 138 Å². The summed E-state index contributed by atoms with van der Waals surface area (Å²) in [5.41, 5.74) is 1.60. The fraction of sp³-hybridized carbons (Fsp3) is 0.0714. The second-order valence-electron chi connectivity index (χ2n) is 3.98. The first-order valence-corrected chi connectivity index (χ1v) is 7.79. The molecule has 0 aliphatic heterocycles. The van der Waals surface area contributed by atoms with Crippen molar-refractivity contribution >= 4 is 61.7 Å². The largest absolute Gasteiger partial charge is 0.324 e. The van der Waals surface area contributed by atoms with Gasteiger partial charge in [-0.2, -0.15) is 0 Å². The van der Waals surface area contributed by atoms with Gasteiger partial charge in [0.2, 0.25) is 5.91 Å². The third-order valence-electron chi connectivity index (χ3n) is 2.46. The monoisotopic (exact) mass is 449 g/mol. The summed E-state index contributed by atoms with van der Waals surface area (Å²) in [5.74, 6) is -0.0815. The van der Waals surface area contributed by atoms with Crippen LogP contribution in [-0.2, 0) is 11.2 Å². The highest BCUT2D eigenvalue weighted by molar-refractivity contribution is 14.1. The Bertz CT molecular complexity index is 618. The lowest BCUT2D eigenvalue weighted by Gasteiger charge is -2.08. The maximum Gasteiger partial charge on any atom is 0.228 e. The summed E-state index contributed by atoms with van der Waals surface area (Å²) in [6.07, 6.45) is 0.321. The molecule has 0 heterocycles. The molecule has 19 heavy (non-hydrogen) atoms. The van der Waals surface area contributed by atoms with Crippen LogP contribution in [-0.4, -0.2) is 5.91 Å². The van der Waals surface area contributed by atoms with Crippen molar-refractivity contribution in [3.05, 3.63) is 61.1 Å². The average molecular weight is 451 g/mol. The lowest BCUT2D eigenvalue weighted by atomic mass is 10.1. The topological polar surface area (TPSA) is 29.1 Å². The van der Waals surface area contributed by atoms with Crippen LogP contribution in [0.5, 0.6) is 0 Å². The summed E-state index contributed by atoms with van der Waals surface area (Å²) in [5, 5.41) is 3.37. The van der Waals surface area contributed by atoms with Crippen molar-refractivity contribution in [2.24, 2.45) is 0 Å². The molecule has 2 aromatic rings. The van der Waals surface area contributed by atoms with Gasteiger partial charge in [0.1, 0.15) is 0 Å². The number of carbonyl (C=O) groups excluding carboxylic acids is 1. The van der Waals surface area contributed by atoms with Gasteiger partial charge in [0.05, 0.1) is 17.1 Å². The molecule has 0 aromatic heterocycles. The van der Waals surface area contributed by atoms with Crippen LogP contribution >= 0.6 is 50.1 Å². The van der Waals surface area contributed by atoms with Crippen LogP contribution in [0, 0.1) is 3.57 Å². The molecular formula is C14H10BrClINO. The van der Waals surface area contributed by atoms with E-state index in [1.54, 1.807) is 6.07 Å². The minimum Gasteiger partial charge on any atom is -0.324 e. The third kappa shape index (κ3) is 4.47. The summed E-state index contributed by atoms with van der Waals surface area (Å²) >= 11 is 11.6. The van der Waals surface area contributed by atoms with Gasteiger partial charge >= 0.3 is 0 Å². The van der Waals surface area contributed by atoms with Gasteiger partial charge in [0.25, 0.3) is 0 Å². The molecule has 0 bridgehead atoms. The highest BCUT2D eigenvalue weighted by atomic mass is 127. The van der Waals surface area contributed by atoms with Crippen LogP contribution in [0.15, 0.2) is 46.9 Å². The third-order valence-corrected chi connectivity index (χ3v) is 3.95. The van der Waals surface area contributed by atoms with Gasteiger partial charge < -0.3 is 5.32 Å². The average Bonchev–Trinajstić information content (AvgIpc) is 2.34. The molecule has 0 radical (unpaired) electrons. The predicted molar refractivity (Wildman–Crippen MR) is 90.6 cm³/mol. The van der Waals surface area contributed by atoms with Crippen molar-refractivity contribution in [1.82, 2.24) is 0 Å². The van der Waals surface area contributed by atoms with Gasteiger partial charge in [-0.1, -0.05) is 39.7 Å². The number of benzene rings is 2. The van der Waals surface area contributed by atoms with E-state index in [2.05, 4.69) is 43.8 Å². The molecule has 98 valence electrons. The van der Waals surface area contributed by atoms with Crippen LogP contribution in [0.1, 0.15) is 5.56 Å². The van der Waals surface area contributed by atoms with E-state index in [4.69, 9.17) is 11.6 Å². The van der Waals surface area contributed by atoms with Gasteiger partial charge in [-0.15, -0.1) is 0 Å². The van der Waals surface area contributed by atoms with Crippen molar-refractivity contribution in [2.75, 3.05) is 5.32 Å². The molecule has 1 amide bonds. The predicted octanol–water partition coefficient (Wildman–Crippen LogP) is 4.89. The molecule has 0 saturated carbocycles. The zero-order valence-electron chi connectivity index (χ0n) is 9.79. The minimum absolute atomic E-state index is 0.0815. The Balaban J connectivity index is 2.07. The van der Waals surface area contributed by atoms with Crippen LogP contribution in [0.2, 0.25) is 5.02 Å². The van der Waals surface area contributed by atoms with E-state index >= 15 is 0 Å². The summed E-state index contributed by atoms with van der Waals surface area (Å²) in [4.78, 5) is 12.0. The van der Waals surface area contributed by atoms with Crippen LogP contribution in [0.3, 0.4) is 0 Å². The molecule has 0 atom stereocenters. The number of halogens is 3. The van der Waals surface area contributed by atoms with E-state index in [0.29, 0.717) is 17.1 Å². The molecule has 5 heteroatoms. The van der Waals surface area contributed by atoms with Gasteiger partial charge in [0.15, 0.2) is 0 Å². The number of nitrogens with one attached hydrogen (secondary N) is 1. The normalized spacial score (nSPS) is 10.3. The van der Waals surface area contributed by atoms with Gasteiger partial charge in [-0.3, -0.25) is 4.79 Å². The second-order valence-corrected chi connectivity index (χ2v) is 6.55. The first-order valence-electron chi connectivity index (χ1n) is 5.54. The fourth-order valence-electron chi connectivity index (χ4n) is 1.62. The summed E-state index contributed by atoms with van der Waals surface area (Å²) in [6, 6.07) is 13.2. The van der Waals surface area contributed by atoms with Gasteiger partial charge in [-0.25, -0.2) is 0 Å². The Morgan fingerprint density at radius 3 is 2.79 bits per heavy atom. The van der Waals surface area contributed by atoms with E-state index in [0.717, 1.165) is 13.6 Å². The quantitative estimate of drug-likeness (QED) is 0.663.